The van der Waals surface area contributed by atoms with Crippen LogP contribution < -0.4 is 10.0 Å². The summed E-state index contributed by atoms with van der Waals surface area (Å²) in [5.74, 6) is 0.530. The number of aromatic amines is 1. The van der Waals surface area contributed by atoms with Gasteiger partial charge in [0.25, 0.3) is 0 Å². The SMILES string of the molecule is CC(O)c1ccc(-c2nc3ccc(S(=O)(=O)NC4CCC(C(=O)N[C@H](C)c5ccccc5)CC4)cc3[nH]2)cc1. The van der Waals surface area contributed by atoms with Gasteiger partial charge in [0, 0.05) is 17.5 Å². The van der Waals surface area contributed by atoms with Gasteiger partial charge in [-0.3, -0.25) is 4.79 Å². The number of nitrogens with zero attached hydrogens (tertiary/aromatic N) is 1. The van der Waals surface area contributed by atoms with Crippen molar-refractivity contribution in [3.05, 3.63) is 83.9 Å². The number of rotatable bonds is 8. The molecule has 0 saturated heterocycles. The molecule has 0 aliphatic heterocycles. The number of aromatic nitrogens is 2. The van der Waals surface area contributed by atoms with Crippen LogP contribution in [-0.4, -0.2) is 35.4 Å². The van der Waals surface area contributed by atoms with Crippen LogP contribution in [0.1, 0.15) is 62.8 Å². The summed E-state index contributed by atoms with van der Waals surface area (Å²) in [6, 6.07) is 21.8. The molecule has 4 N–H and O–H groups in total. The van der Waals surface area contributed by atoms with Gasteiger partial charge in [0.15, 0.2) is 0 Å². The van der Waals surface area contributed by atoms with Crippen LogP contribution in [-0.2, 0) is 14.8 Å². The number of fused-ring (bicyclic) bond motifs is 1. The number of carbonyl (C=O) groups excluding carboxylic acids is 1. The largest absolute Gasteiger partial charge is 0.389 e. The molecule has 1 aliphatic carbocycles. The number of hydrogen-bond donors (Lipinski definition) is 4. The van der Waals surface area contributed by atoms with Crippen molar-refractivity contribution in [2.75, 3.05) is 0 Å². The van der Waals surface area contributed by atoms with E-state index in [4.69, 9.17) is 0 Å². The highest BCUT2D eigenvalue weighted by molar-refractivity contribution is 7.89. The number of aliphatic hydroxyl groups excluding tert-OH is 1. The van der Waals surface area contributed by atoms with Crippen molar-refractivity contribution in [2.24, 2.45) is 5.92 Å². The van der Waals surface area contributed by atoms with Crippen LogP contribution in [0.5, 0.6) is 0 Å². The maximum absolute atomic E-state index is 13.2. The first-order valence-corrected chi connectivity index (χ1v) is 14.8. The lowest BCUT2D eigenvalue weighted by molar-refractivity contribution is -0.126. The van der Waals surface area contributed by atoms with E-state index >= 15 is 0 Å². The topological polar surface area (TPSA) is 124 Å². The highest BCUT2D eigenvalue weighted by Gasteiger charge is 2.30. The van der Waals surface area contributed by atoms with Crippen molar-refractivity contribution in [2.45, 2.75) is 62.6 Å². The molecule has 2 atom stereocenters. The fraction of sp³-hybridized carbons (Fsp3) is 0.333. The van der Waals surface area contributed by atoms with E-state index in [-0.39, 0.29) is 28.8 Å². The first kappa shape index (κ1) is 27.1. The van der Waals surface area contributed by atoms with Gasteiger partial charge < -0.3 is 15.4 Å². The molecule has 4 aromatic rings. The lowest BCUT2D eigenvalue weighted by Gasteiger charge is -2.29. The Morgan fingerprint density at radius 3 is 2.31 bits per heavy atom. The molecule has 1 saturated carbocycles. The molecule has 204 valence electrons. The van der Waals surface area contributed by atoms with Crippen molar-refractivity contribution in [1.82, 2.24) is 20.0 Å². The van der Waals surface area contributed by atoms with E-state index in [1.54, 1.807) is 25.1 Å². The highest BCUT2D eigenvalue weighted by atomic mass is 32.2. The average molecular weight is 547 g/mol. The van der Waals surface area contributed by atoms with Crippen LogP contribution in [0.25, 0.3) is 22.4 Å². The molecule has 1 aromatic heterocycles. The first-order chi connectivity index (χ1) is 18.7. The van der Waals surface area contributed by atoms with Crippen LogP contribution in [0.15, 0.2) is 77.7 Å². The number of hydrogen-bond acceptors (Lipinski definition) is 5. The lowest BCUT2D eigenvalue weighted by atomic mass is 9.85. The van der Waals surface area contributed by atoms with Crippen molar-refractivity contribution in [1.29, 1.82) is 0 Å². The fourth-order valence-electron chi connectivity index (χ4n) is 5.13. The minimum absolute atomic E-state index is 0.0219. The molecule has 5 rings (SSSR count). The third kappa shape index (κ3) is 6.21. The quantitative estimate of drug-likeness (QED) is 0.248. The predicted molar refractivity (Wildman–Crippen MR) is 151 cm³/mol. The number of sulfonamides is 1. The molecule has 8 nitrogen and oxygen atoms in total. The Bertz CT molecular complexity index is 1540. The van der Waals surface area contributed by atoms with Crippen molar-refractivity contribution < 1.29 is 18.3 Å². The Balaban J connectivity index is 1.20. The second kappa shape index (κ2) is 11.3. The zero-order valence-corrected chi connectivity index (χ0v) is 22.9. The van der Waals surface area contributed by atoms with Gasteiger partial charge in [-0.25, -0.2) is 18.1 Å². The van der Waals surface area contributed by atoms with Crippen LogP contribution in [0.2, 0.25) is 0 Å². The smallest absolute Gasteiger partial charge is 0.240 e. The van der Waals surface area contributed by atoms with Gasteiger partial charge in [0.05, 0.1) is 28.1 Å². The lowest BCUT2D eigenvalue weighted by Crippen LogP contribution is -2.41. The van der Waals surface area contributed by atoms with Crippen LogP contribution in [0.4, 0.5) is 0 Å². The van der Waals surface area contributed by atoms with E-state index in [2.05, 4.69) is 20.0 Å². The number of carbonyl (C=O) groups is 1. The molecule has 39 heavy (non-hydrogen) atoms. The molecular weight excluding hydrogens is 512 g/mol. The van der Waals surface area contributed by atoms with Crippen molar-refractivity contribution in [3.8, 4) is 11.4 Å². The fourth-order valence-corrected chi connectivity index (χ4v) is 6.46. The molecule has 1 unspecified atom stereocenters. The van der Waals surface area contributed by atoms with Gasteiger partial charge in [-0.2, -0.15) is 0 Å². The molecule has 1 heterocycles. The molecule has 9 heteroatoms. The minimum atomic E-state index is -3.74. The van der Waals surface area contributed by atoms with Crippen molar-refractivity contribution in [3.63, 3.8) is 0 Å². The molecule has 1 amide bonds. The van der Waals surface area contributed by atoms with Gasteiger partial charge in [-0.1, -0.05) is 54.6 Å². The number of imidazole rings is 1. The summed E-state index contributed by atoms with van der Waals surface area (Å²) in [6.45, 7) is 3.68. The van der Waals surface area contributed by atoms with E-state index in [0.29, 0.717) is 42.5 Å². The summed E-state index contributed by atoms with van der Waals surface area (Å²) in [6.07, 6.45) is 1.94. The molecule has 1 fully saturated rings. The number of H-pyrrole nitrogens is 1. The van der Waals surface area contributed by atoms with Crippen LogP contribution >= 0.6 is 0 Å². The number of nitrogens with one attached hydrogen (secondary N) is 3. The molecule has 0 radical (unpaired) electrons. The Morgan fingerprint density at radius 2 is 1.64 bits per heavy atom. The van der Waals surface area contributed by atoms with E-state index in [1.165, 1.54) is 0 Å². The predicted octanol–water partition coefficient (Wildman–Crippen LogP) is 5.00. The van der Waals surface area contributed by atoms with E-state index in [0.717, 1.165) is 16.7 Å². The second-order valence-electron chi connectivity index (χ2n) is 10.4. The maximum atomic E-state index is 13.2. The third-order valence-corrected chi connectivity index (χ3v) is 9.03. The van der Waals surface area contributed by atoms with E-state index in [9.17, 15) is 18.3 Å². The Hall–Kier alpha value is -3.53. The Labute approximate surface area is 228 Å². The number of amides is 1. The van der Waals surface area contributed by atoms with Crippen LogP contribution in [0.3, 0.4) is 0 Å². The highest BCUT2D eigenvalue weighted by Crippen LogP contribution is 2.28. The zero-order chi connectivity index (χ0) is 27.6. The normalized spacial score (nSPS) is 19.5. The standard InChI is InChI=1S/C30H34N4O4S/c1-19(21-6-4-3-5-7-21)31-30(36)24-12-14-25(15-13-24)34-39(37,38)26-16-17-27-28(18-26)33-29(32-27)23-10-8-22(9-11-23)20(2)35/h3-11,16-20,24-25,34-35H,12-15H2,1-2H3,(H,31,36)(H,32,33)/t19-,20?,24?,25?/m1/s1. The average Bonchev–Trinajstić information content (AvgIpc) is 3.37. The molecule has 0 bridgehead atoms. The Morgan fingerprint density at radius 1 is 0.949 bits per heavy atom. The number of aliphatic hydroxyl groups is 1. The molecule has 3 aromatic carbocycles. The van der Waals surface area contributed by atoms with Gasteiger partial charge in [-0.15, -0.1) is 0 Å². The van der Waals surface area contributed by atoms with Crippen LogP contribution in [0, 0.1) is 5.92 Å². The minimum Gasteiger partial charge on any atom is -0.389 e. The van der Waals surface area contributed by atoms with Gasteiger partial charge >= 0.3 is 0 Å². The molecule has 0 spiro atoms. The summed E-state index contributed by atoms with van der Waals surface area (Å²) in [5, 5.41) is 12.8. The monoisotopic (exact) mass is 546 g/mol. The van der Waals surface area contributed by atoms with Gasteiger partial charge in [-0.05, 0) is 68.9 Å². The van der Waals surface area contributed by atoms with E-state index in [1.807, 2.05) is 61.5 Å². The number of benzene rings is 3. The molecule has 1 aliphatic rings. The van der Waals surface area contributed by atoms with Gasteiger partial charge in [0.1, 0.15) is 5.82 Å². The van der Waals surface area contributed by atoms with Crippen molar-refractivity contribution >= 4 is 27.0 Å². The summed E-state index contributed by atoms with van der Waals surface area (Å²) >= 11 is 0. The zero-order valence-electron chi connectivity index (χ0n) is 22.1. The van der Waals surface area contributed by atoms with E-state index < -0.39 is 16.1 Å². The second-order valence-corrected chi connectivity index (χ2v) is 12.1. The van der Waals surface area contributed by atoms with Gasteiger partial charge in [0.2, 0.25) is 15.9 Å². The summed E-state index contributed by atoms with van der Waals surface area (Å²) in [5.41, 5.74) is 4.01. The first-order valence-electron chi connectivity index (χ1n) is 13.4. The maximum Gasteiger partial charge on any atom is 0.240 e. The Kier molecular flexibility index (Phi) is 7.83. The summed E-state index contributed by atoms with van der Waals surface area (Å²) < 4.78 is 29.2. The summed E-state index contributed by atoms with van der Waals surface area (Å²) in [4.78, 5) is 20.8. The third-order valence-electron chi connectivity index (χ3n) is 7.51. The summed E-state index contributed by atoms with van der Waals surface area (Å²) in [7, 11) is -3.74. The molecular formula is C30H34N4O4S.